The Kier molecular flexibility index (Phi) is 5.63. The highest BCUT2D eigenvalue weighted by atomic mass is 16.7. The molecular weight excluding hydrogens is 306 g/mol. The summed E-state index contributed by atoms with van der Waals surface area (Å²) in [6, 6.07) is 9.13. The van der Waals surface area contributed by atoms with Gasteiger partial charge in [0, 0.05) is 0 Å². The second kappa shape index (κ2) is 7.90. The number of hydroxylamine groups is 2. The maximum atomic E-state index is 12.7. The molecule has 1 aliphatic heterocycles. The van der Waals surface area contributed by atoms with E-state index in [-0.39, 0.29) is 18.2 Å². The van der Waals surface area contributed by atoms with Gasteiger partial charge in [-0.2, -0.15) is 5.06 Å². The minimum atomic E-state index is -0.667. The number of hydrogen-bond donors (Lipinski definition) is 0. The quantitative estimate of drug-likeness (QED) is 0.613. The fourth-order valence-electron chi connectivity index (χ4n) is 3.57. The Bertz CT molecular complexity index is 556. The smallest absolute Gasteiger partial charge is 0.326 e. The third-order valence-corrected chi connectivity index (χ3v) is 4.93. The SMILES string of the molecule is C[C@H]1ON(Cc2ccccc2)[C@@H](C(=O)OC2CCCCC2)[C@@H]1C=O. The monoisotopic (exact) mass is 331 g/mol. The van der Waals surface area contributed by atoms with Gasteiger partial charge in [-0.15, -0.1) is 0 Å². The van der Waals surface area contributed by atoms with Gasteiger partial charge in [0.25, 0.3) is 0 Å². The van der Waals surface area contributed by atoms with Gasteiger partial charge in [0.15, 0.2) is 0 Å². The highest BCUT2D eigenvalue weighted by Crippen LogP contribution is 2.30. The number of esters is 1. The number of carbonyl (C=O) groups is 2. The lowest BCUT2D eigenvalue weighted by atomic mass is 9.95. The molecule has 3 rings (SSSR count). The van der Waals surface area contributed by atoms with Gasteiger partial charge in [0.05, 0.1) is 18.6 Å². The number of benzene rings is 1. The third kappa shape index (κ3) is 3.84. The number of rotatable bonds is 5. The molecule has 5 heteroatoms. The number of aldehydes is 1. The summed E-state index contributed by atoms with van der Waals surface area (Å²) in [7, 11) is 0. The van der Waals surface area contributed by atoms with Crippen molar-refractivity contribution in [1.29, 1.82) is 0 Å². The first kappa shape index (κ1) is 17.1. The van der Waals surface area contributed by atoms with Crippen LogP contribution in [-0.2, 0) is 25.7 Å². The van der Waals surface area contributed by atoms with Crippen LogP contribution in [0.25, 0.3) is 0 Å². The molecule has 0 unspecified atom stereocenters. The Morgan fingerprint density at radius 2 is 1.96 bits per heavy atom. The van der Waals surface area contributed by atoms with Crippen molar-refractivity contribution in [2.24, 2.45) is 5.92 Å². The van der Waals surface area contributed by atoms with Crippen LogP contribution in [0.4, 0.5) is 0 Å². The van der Waals surface area contributed by atoms with Crippen LogP contribution in [0.1, 0.15) is 44.6 Å². The molecule has 1 aromatic rings. The average molecular weight is 331 g/mol. The summed E-state index contributed by atoms with van der Waals surface area (Å²) in [5.41, 5.74) is 1.03. The number of ether oxygens (including phenoxy) is 1. The number of carbonyl (C=O) groups excluding carboxylic acids is 2. The second-order valence-electron chi connectivity index (χ2n) is 6.73. The van der Waals surface area contributed by atoms with Gasteiger partial charge >= 0.3 is 5.97 Å². The van der Waals surface area contributed by atoms with E-state index in [1.165, 1.54) is 6.42 Å². The molecule has 1 saturated carbocycles. The molecule has 24 heavy (non-hydrogen) atoms. The Labute approximate surface area is 142 Å². The maximum absolute atomic E-state index is 12.7. The molecule has 1 saturated heterocycles. The Morgan fingerprint density at radius 1 is 1.25 bits per heavy atom. The van der Waals surface area contributed by atoms with Gasteiger partial charge in [-0.3, -0.25) is 9.63 Å². The van der Waals surface area contributed by atoms with Crippen LogP contribution in [-0.4, -0.2) is 35.6 Å². The Hall–Kier alpha value is -1.72. The molecule has 1 aromatic carbocycles. The first-order valence-corrected chi connectivity index (χ1v) is 8.82. The van der Waals surface area contributed by atoms with Crippen molar-refractivity contribution in [1.82, 2.24) is 5.06 Å². The lowest BCUT2D eigenvalue weighted by molar-refractivity contribution is -0.188. The van der Waals surface area contributed by atoms with Crippen molar-refractivity contribution < 1.29 is 19.2 Å². The van der Waals surface area contributed by atoms with E-state index in [0.29, 0.717) is 6.54 Å². The minimum absolute atomic E-state index is 0.0203. The van der Waals surface area contributed by atoms with E-state index in [2.05, 4.69) is 0 Å². The average Bonchev–Trinajstić information content (AvgIpc) is 2.91. The zero-order chi connectivity index (χ0) is 16.9. The fraction of sp³-hybridized carbons (Fsp3) is 0.579. The summed E-state index contributed by atoms with van der Waals surface area (Å²) >= 11 is 0. The predicted molar refractivity (Wildman–Crippen MR) is 88.8 cm³/mol. The summed E-state index contributed by atoms with van der Waals surface area (Å²) < 4.78 is 5.70. The predicted octanol–water partition coefficient (Wildman–Crippen LogP) is 2.88. The molecule has 2 fully saturated rings. The lowest BCUT2D eigenvalue weighted by Gasteiger charge is -2.27. The van der Waals surface area contributed by atoms with E-state index in [0.717, 1.165) is 37.5 Å². The van der Waals surface area contributed by atoms with E-state index >= 15 is 0 Å². The number of hydrogen-bond acceptors (Lipinski definition) is 5. The molecule has 2 aliphatic rings. The molecule has 3 atom stereocenters. The van der Waals surface area contributed by atoms with E-state index in [1.54, 1.807) is 5.06 Å². The fourth-order valence-corrected chi connectivity index (χ4v) is 3.57. The van der Waals surface area contributed by atoms with E-state index < -0.39 is 12.0 Å². The highest BCUT2D eigenvalue weighted by molar-refractivity contribution is 5.81. The Morgan fingerprint density at radius 3 is 2.62 bits per heavy atom. The molecule has 0 bridgehead atoms. The zero-order valence-corrected chi connectivity index (χ0v) is 14.1. The molecule has 0 radical (unpaired) electrons. The molecule has 0 aromatic heterocycles. The molecule has 5 nitrogen and oxygen atoms in total. The van der Waals surface area contributed by atoms with Gasteiger partial charge in [0.2, 0.25) is 0 Å². The van der Waals surface area contributed by atoms with E-state index in [4.69, 9.17) is 9.57 Å². The summed E-state index contributed by atoms with van der Waals surface area (Å²) in [6.07, 6.45) is 5.71. The van der Waals surface area contributed by atoms with Crippen LogP contribution in [0.2, 0.25) is 0 Å². The van der Waals surface area contributed by atoms with E-state index in [9.17, 15) is 9.59 Å². The largest absolute Gasteiger partial charge is 0.461 e. The minimum Gasteiger partial charge on any atom is -0.461 e. The van der Waals surface area contributed by atoms with Gasteiger partial charge in [-0.25, -0.2) is 0 Å². The van der Waals surface area contributed by atoms with Crippen LogP contribution in [0.15, 0.2) is 30.3 Å². The van der Waals surface area contributed by atoms with Crippen molar-refractivity contribution >= 4 is 12.3 Å². The summed E-state index contributed by atoms with van der Waals surface area (Å²) in [5.74, 6) is -0.830. The molecule has 130 valence electrons. The van der Waals surface area contributed by atoms with Crippen LogP contribution >= 0.6 is 0 Å². The normalized spacial score (nSPS) is 28.6. The molecule has 0 spiro atoms. The molecule has 1 aliphatic carbocycles. The topological polar surface area (TPSA) is 55.8 Å². The molecule has 0 amide bonds. The Balaban J connectivity index is 1.71. The lowest BCUT2D eigenvalue weighted by Crippen LogP contribution is -2.42. The van der Waals surface area contributed by atoms with E-state index in [1.807, 2.05) is 37.3 Å². The van der Waals surface area contributed by atoms with Crippen molar-refractivity contribution in [3.63, 3.8) is 0 Å². The van der Waals surface area contributed by atoms with Gasteiger partial charge in [-0.1, -0.05) is 36.8 Å². The van der Waals surface area contributed by atoms with Crippen molar-refractivity contribution in [2.75, 3.05) is 0 Å². The highest BCUT2D eigenvalue weighted by Gasteiger charge is 2.46. The van der Waals surface area contributed by atoms with Gasteiger partial charge in [0.1, 0.15) is 18.4 Å². The van der Waals surface area contributed by atoms with Gasteiger partial charge < -0.3 is 9.53 Å². The van der Waals surface area contributed by atoms with Crippen LogP contribution in [0, 0.1) is 5.92 Å². The maximum Gasteiger partial charge on any atom is 0.326 e. The van der Waals surface area contributed by atoms with Crippen molar-refractivity contribution in [3.8, 4) is 0 Å². The molecular formula is C19H25NO4. The number of nitrogens with zero attached hydrogens (tertiary/aromatic N) is 1. The van der Waals surface area contributed by atoms with Crippen LogP contribution in [0.3, 0.4) is 0 Å². The summed E-state index contributed by atoms with van der Waals surface area (Å²) in [4.78, 5) is 30.0. The van der Waals surface area contributed by atoms with Crippen molar-refractivity contribution in [2.45, 2.75) is 63.8 Å². The second-order valence-corrected chi connectivity index (χ2v) is 6.73. The first-order valence-electron chi connectivity index (χ1n) is 8.82. The third-order valence-electron chi connectivity index (χ3n) is 4.93. The van der Waals surface area contributed by atoms with Crippen LogP contribution < -0.4 is 0 Å². The van der Waals surface area contributed by atoms with Gasteiger partial charge in [-0.05, 0) is 38.2 Å². The standard InChI is InChI=1S/C19H25NO4/c1-14-17(13-21)18(19(22)23-16-10-6-3-7-11-16)20(24-14)12-15-8-4-2-5-9-15/h2,4-5,8-9,13-14,16-18H,3,6-7,10-12H2,1H3/t14-,17-,18-/m1/s1. The summed E-state index contributed by atoms with van der Waals surface area (Å²) in [6.45, 7) is 2.28. The van der Waals surface area contributed by atoms with Crippen molar-refractivity contribution in [3.05, 3.63) is 35.9 Å². The molecule has 1 heterocycles. The molecule has 0 N–H and O–H groups in total. The summed E-state index contributed by atoms with van der Waals surface area (Å²) in [5, 5.41) is 1.62. The first-order chi connectivity index (χ1) is 11.7. The van der Waals surface area contributed by atoms with Crippen LogP contribution in [0.5, 0.6) is 0 Å². The zero-order valence-electron chi connectivity index (χ0n) is 14.1.